The van der Waals surface area contributed by atoms with E-state index in [9.17, 15) is 14.7 Å². The van der Waals surface area contributed by atoms with Crippen LogP contribution in [0.3, 0.4) is 0 Å². The lowest BCUT2D eigenvalue weighted by Crippen LogP contribution is -2.20. The van der Waals surface area contributed by atoms with Crippen LogP contribution in [0.25, 0.3) is 0 Å². The lowest BCUT2D eigenvalue weighted by atomic mass is 10.0. The summed E-state index contributed by atoms with van der Waals surface area (Å²) in [6.45, 7) is 4.51. The zero-order chi connectivity index (χ0) is 27.0. The van der Waals surface area contributed by atoms with E-state index in [1.165, 1.54) is 122 Å². The van der Waals surface area contributed by atoms with Gasteiger partial charge in [0.25, 0.3) is 0 Å². The lowest BCUT2D eigenvalue weighted by Gasteiger charge is -2.19. The number of esters is 1. The van der Waals surface area contributed by atoms with E-state index in [4.69, 9.17) is 4.74 Å². The highest BCUT2D eigenvalue weighted by Gasteiger charge is 2.21. The molecule has 0 aliphatic rings. The van der Waals surface area contributed by atoms with Crippen LogP contribution in [-0.2, 0) is 4.74 Å². The fourth-order valence-electron chi connectivity index (χ4n) is 5.04. The van der Waals surface area contributed by atoms with Crippen molar-refractivity contribution in [3.8, 4) is 0 Å². The van der Waals surface area contributed by atoms with Crippen LogP contribution >= 0.6 is 0 Å². The van der Waals surface area contributed by atoms with Crippen molar-refractivity contribution in [1.82, 2.24) is 0 Å². The summed E-state index contributed by atoms with van der Waals surface area (Å²) in [6, 6.07) is 6.37. The molecule has 4 heteroatoms. The first-order chi connectivity index (χ1) is 18.1. The van der Waals surface area contributed by atoms with Crippen molar-refractivity contribution in [2.24, 2.45) is 0 Å². The number of unbranched alkanes of at least 4 members (excludes halogenated alkanes) is 18. The summed E-state index contributed by atoms with van der Waals surface area (Å²) in [6.07, 6.45) is 27.3. The Morgan fingerprint density at radius 3 is 1.32 bits per heavy atom. The summed E-state index contributed by atoms with van der Waals surface area (Å²) in [5, 5.41) is 9.45. The van der Waals surface area contributed by atoms with Gasteiger partial charge in [-0.25, -0.2) is 9.59 Å². The Hall–Kier alpha value is -1.84. The highest BCUT2D eigenvalue weighted by Crippen LogP contribution is 2.20. The Kier molecular flexibility index (Phi) is 20.9. The molecule has 0 radical (unpaired) electrons. The van der Waals surface area contributed by atoms with Gasteiger partial charge in [-0.2, -0.15) is 0 Å². The van der Waals surface area contributed by atoms with E-state index in [0.29, 0.717) is 0 Å². The maximum atomic E-state index is 12.9. The van der Waals surface area contributed by atoms with Crippen LogP contribution in [0.15, 0.2) is 24.3 Å². The van der Waals surface area contributed by atoms with Crippen molar-refractivity contribution < 1.29 is 19.4 Å². The topological polar surface area (TPSA) is 63.6 Å². The minimum Gasteiger partial charge on any atom is -0.478 e. The number of hydrogen-bond donors (Lipinski definition) is 1. The monoisotopic (exact) mass is 516 g/mol. The molecule has 0 bridgehead atoms. The minimum absolute atomic E-state index is 0.0176. The van der Waals surface area contributed by atoms with Gasteiger partial charge in [0.1, 0.15) is 6.10 Å². The molecule has 4 nitrogen and oxygen atoms in total. The number of hydrogen-bond acceptors (Lipinski definition) is 3. The average Bonchev–Trinajstić information content (AvgIpc) is 2.90. The van der Waals surface area contributed by atoms with Crippen LogP contribution in [0.5, 0.6) is 0 Å². The maximum Gasteiger partial charge on any atom is 0.339 e. The fraction of sp³-hybridized carbons (Fsp3) is 0.758. The molecule has 1 aromatic carbocycles. The summed E-state index contributed by atoms with van der Waals surface area (Å²) in [5.74, 6) is -1.59. The average molecular weight is 517 g/mol. The zero-order valence-electron chi connectivity index (χ0n) is 24.1. The van der Waals surface area contributed by atoms with Crippen LogP contribution in [-0.4, -0.2) is 23.1 Å². The lowest BCUT2D eigenvalue weighted by molar-refractivity contribution is 0.0244. The molecule has 1 N–H and O–H groups in total. The summed E-state index contributed by atoms with van der Waals surface area (Å²) in [4.78, 5) is 24.4. The minimum atomic E-state index is -1.09. The molecule has 1 rings (SSSR count). The molecule has 0 spiro atoms. The van der Waals surface area contributed by atoms with Crippen LogP contribution in [0.1, 0.15) is 176 Å². The SMILES string of the molecule is CCCCCCCCCCCCCC(CCCCCCCCCCC)OC(=O)c1ccccc1C(=O)O. The van der Waals surface area contributed by atoms with Crippen LogP contribution in [0.4, 0.5) is 0 Å². The van der Waals surface area contributed by atoms with E-state index in [-0.39, 0.29) is 17.2 Å². The molecule has 0 aliphatic heterocycles. The molecular weight excluding hydrogens is 460 g/mol. The second-order valence-corrected chi connectivity index (χ2v) is 10.8. The van der Waals surface area contributed by atoms with Crippen molar-refractivity contribution in [2.45, 2.75) is 161 Å². The maximum absolute atomic E-state index is 12.9. The van der Waals surface area contributed by atoms with Crippen LogP contribution in [0.2, 0.25) is 0 Å². The highest BCUT2D eigenvalue weighted by molar-refractivity contribution is 6.02. The third-order valence-corrected chi connectivity index (χ3v) is 7.41. The van der Waals surface area contributed by atoms with E-state index in [0.717, 1.165) is 25.7 Å². The summed E-state index contributed by atoms with van der Waals surface area (Å²) in [7, 11) is 0. The second-order valence-electron chi connectivity index (χ2n) is 10.8. The van der Waals surface area contributed by atoms with Crippen molar-refractivity contribution in [2.75, 3.05) is 0 Å². The standard InChI is InChI=1S/C33H56O4/c1-3-5-7-9-11-13-14-16-18-20-22-26-29(25-21-19-17-15-12-10-8-6-4-2)37-33(36)31-28-24-23-27-30(31)32(34)35/h23-24,27-29H,3-22,25-26H2,1-2H3,(H,34,35). The van der Waals surface area contributed by atoms with Gasteiger partial charge in [-0.3, -0.25) is 0 Å². The number of aromatic carboxylic acids is 1. The Morgan fingerprint density at radius 1 is 0.595 bits per heavy atom. The molecule has 0 saturated carbocycles. The number of carbonyl (C=O) groups excluding carboxylic acids is 1. The molecule has 1 atom stereocenters. The molecule has 212 valence electrons. The normalized spacial score (nSPS) is 11.9. The van der Waals surface area contributed by atoms with E-state index >= 15 is 0 Å². The van der Waals surface area contributed by atoms with Gasteiger partial charge in [-0.05, 0) is 37.8 Å². The molecule has 0 aliphatic carbocycles. The number of carboxylic acid groups (broad SMARTS) is 1. The Morgan fingerprint density at radius 2 is 0.946 bits per heavy atom. The molecule has 1 unspecified atom stereocenters. The number of ether oxygens (including phenoxy) is 1. The van der Waals surface area contributed by atoms with Gasteiger partial charge < -0.3 is 9.84 Å². The molecule has 1 aromatic rings. The van der Waals surface area contributed by atoms with Gasteiger partial charge in [0.15, 0.2) is 0 Å². The van der Waals surface area contributed by atoms with Crippen LogP contribution in [0, 0.1) is 0 Å². The van der Waals surface area contributed by atoms with Crippen LogP contribution < -0.4 is 0 Å². The van der Waals surface area contributed by atoms with Gasteiger partial charge in [-0.15, -0.1) is 0 Å². The first-order valence-electron chi connectivity index (χ1n) is 15.6. The number of carbonyl (C=O) groups is 2. The predicted octanol–water partition coefficient (Wildman–Crippen LogP) is 10.5. The smallest absolute Gasteiger partial charge is 0.339 e. The van der Waals surface area contributed by atoms with Gasteiger partial charge in [0.05, 0.1) is 11.1 Å². The van der Waals surface area contributed by atoms with Gasteiger partial charge in [0.2, 0.25) is 0 Å². The summed E-state index contributed by atoms with van der Waals surface area (Å²) in [5.41, 5.74) is 0.176. The van der Waals surface area contributed by atoms with E-state index < -0.39 is 11.9 Å². The summed E-state index contributed by atoms with van der Waals surface area (Å²) < 4.78 is 5.89. The largest absolute Gasteiger partial charge is 0.478 e. The third kappa shape index (κ3) is 17.3. The van der Waals surface area contributed by atoms with Gasteiger partial charge in [-0.1, -0.05) is 142 Å². The quantitative estimate of drug-likeness (QED) is 0.104. The van der Waals surface area contributed by atoms with Crippen molar-refractivity contribution in [3.63, 3.8) is 0 Å². The molecule has 0 saturated heterocycles. The summed E-state index contributed by atoms with van der Waals surface area (Å²) >= 11 is 0. The molecule has 0 amide bonds. The fourth-order valence-corrected chi connectivity index (χ4v) is 5.04. The zero-order valence-corrected chi connectivity index (χ0v) is 24.1. The van der Waals surface area contributed by atoms with E-state index in [2.05, 4.69) is 13.8 Å². The van der Waals surface area contributed by atoms with Crippen molar-refractivity contribution in [3.05, 3.63) is 35.4 Å². The van der Waals surface area contributed by atoms with E-state index in [1.807, 2.05) is 0 Å². The highest BCUT2D eigenvalue weighted by atomic mass is 16.5. The third-order valence-electron chi connectivity index (χ3n) is 7.41. The Bertz CT molecular complexity index is 699. The second kappa shape index (κ2) is 23.3. The number of carboxylic acids is 1. The molecule has 0 heterocycles. The Labute approximate surface area is 228 Å². The molecule has 0 fully saturated rings. The van der Waals surface area contributed by atoms with E-state index in [1.54, 1.807) is 18.2 Å². The predicted molar refractivity (Wildman–Crippen MR) is 156 cm³/mol. The Balaban J connectivity index is 2.39. The molecular formula is C33H56O4. The van der Waals surface area contributed by atoms with Crippen molar-refractivity contribution in [1.29, 1.82) is 0 Å². The molecule has 0 aromatic heterocycles. The van der Waals surface area contributed by atoms with Gasteiger partial charge >= 0.3 is 11.9 Å². The first-order valence-corrected chi connectivity index (χ1v) is 15.6. The number of benzene rings is 1. The van der Waals surface area contributed by atoms with Crippen molar-refractivity contribution >= 4 is 11.9 Å². The first kappa shape index (κ1) is 33.2. The molecule has 37 heavy (non-hydrogen) atoms. The number of rotatable bonds is 25. The van der Waals surface area contributed by atoms with Gasteiger partial charge in [0, 0.05) is 0 Å².